The Morgan fingerprint density at radius 3 is 2.30 bits per heavy atom. The first kappa shape index (κ1) is 16.1. The number of halogens is 6. The summed E-state index contributed by atoms with van der Waals surface area (Å²) in [5, 5.41) is 11.1. The number of alkyl halides is 6. The molecule has 0 bridgehead atoms. The number of anilines is 1. The summed E-state index contributed by atoms with van der Waals surface area (Å²) >= 11 is 0. The minimum Gasteiger partial charge on any atom is -0.382 e. The lowest BCUT2D eigenvalue weighted by molar-refractivity contribution is -0.322. The van der Waals surface area contributed by atoms with Crippen LogP contribution in [-0.4, -0.2) is 19.5 Å². The van der Waals surface area contributed by atoms with Gasteiger partial charge >= 0.3 is 12.5 Å². The molecule has 0 heterocycles. The molecule has 0 unspecified atom stereocenters. The van der Waals surface area contributed by atoms with E-state index in [4.69, 9.17) is 5.26 Å². The monoisotopic (exact) mass is 298 g/mol. The molecule has 110 valence electrons. The van der Waals surface area contributed by atoms with Gasteiger partial charge < -0.3 is 5.32 Å². The quantitative estimate of drug-likeness (QED) is 0.683. The molecule has 0 saturated carbocycles. The molecular formula is C11H8F6N2O. The molecule has 0 spiro atoms. The van der Waals surface area contributed by atoms with Gasteiger partial charge in [0.2, 0.25) is 0 Å². The zero-order valence-corrected chi connectivity index (χ0v) is 9.77. The minimum absolute atomic E-state index is 0.00581. The highest BCUT2D eigenvalue weighted by Crippen LogP contribution is 2.31. The van der Waals surface area contributed by atoms with Crippen LogP contribution in [0.15, 0.2) is 18.2 Å². The summed E-state index contributed by atoms with van der Waals surface area (Å²) in [6.45, 7) is -1.03. The van der Waals surface area contributed by atoms with E-state index in [2.05, 4.69) is 10.1 Å². The lowest BCUT2D eigenvalue weighted by Gasteiger charge is -2.12. The van der Waals surface area contributed by atoms with Crippen molar-refractivity contribution in [1.82, 2.24) is 0 Å². The van der Waals surface area contributed by atoms with Crippen molar-refractivity contribution in [2.75, 3.05) is 18.5 Å². The van der Waals surface area contributed by atoms with Crippen LogP contribution >= 0.6 is 0 Å². The van der Waals surface area contributed by atoms with Gasteiger partial charge in [-0.3, -0.25) is 4.74 Å². The van der Waals surface area contributed by atoms with Gasteiger partial charge in [0.05, 0.1) is 23.4 Å². The molecule has 0 fully saturated rings. The van der Waals surface area contributed by atoms with Crippen LogP contribution in [0.1, 0.15) is 11.1 Å². The van der Waals surface area contributed by atoms with Gasteiger partial charge in [0.25, 0.3) is 0 Å². The molecule has 0 saturated heterocycles. The van der Waals surface area contributed by atoms with Gasteiger partial charge in [-0.25, -0.2) is 0 Å². The first-order valence-electron chi connectivity index (χ1n) is 5.19. The zero-order valence-electron chi connectivity index (χ0n) is 9.77. The molecule has 20 heavy (non-hydrogen) atoms. The maximum Gasteiger partial charge on any atom is 0.522 e. The van der Waals surface area contributed by atoms with E-state index in [1.165, 1.54) is 6.07 Å². The number of nitrogens with zero attached hydrogens (tertiary/aromatic N) is 1. The summed E-state index contributed by atoms with van der Waals surface area (Å²) in [6.07, 6.45) is -9.37. The number of hydrogen-bond acceptors (Lipinski definition) is 3. The van der Waals surface area contributed by atoms with Crippen molar-refractivity contribution in [1.29, 1.82) is 5.26 Å². The van der Waals surface area contributed by atoms with Crippen molar-refractivity contribution in [2.45, 2.75) is 12.5 Å². The van der Waals surface area contributed by atoms with E-state index in [1.54, 1.807) is 0 Å². The second-order valence-electron chi connectivity index (χ2n) is 3.59. The summed E-state index contributed by atoms with van der Waals surface area (Å²) in [5.41, 5.74) is -1.32. The van der Waals surface area contributed by atoms with Crippen LogP contribution in [0, 0.1) is 11.3 Å². The average Bonchev–Trinajstić information content (AvgIpc) is 2.32. The molecule has 1 N–H and O–H groups in total. The molecule has 0 aliphatic heterocycles. The Morgan fingerprint density at radius 1 is 1.15 bits per heavy atom. The molecule has 3 nitrogen and oxygen atoms in total. The zero-order chi connectivity index (χ0) is 15.4. The van der Waals surface area contributed by atoms with Gasteiger partial charge in [0.15, 0.2) is 0 Å². The fraction of sp³-hybridized carbons (Fsp3) is 0.364. The molecular weight excluding hydrogens is 290 g/mol. The predicted octanol–water partition coefficient (Wildman–Crippen LogP) is 3.53. The number of nitrogens with one attached hydrogen (secondary N) is 1. The molecule has 0 aromatic heterocycles. The van der Waals surface area contributed by atoms with Gasteiger partial charge in [-0.05, 0) is 18.2 Å². The lowest BCUT2D eigenvalue weighted by Crippen LogP contribution is -2.19. The minimum atomic E-state index is -4.78. The van der Waals surface area contributed by atoms with Crippen LogP contribution in [0.4, 0.5) is 32.0 Å². The number of ether oxygens (including phenoxy) is 1. The molecule has 9 heteroatoms. The normalized spacial score (nSPS) is 12.1. The first-order valence-corrected chi connectivity index (χ1v) is 5.19. The molecule has 1 rings (SSSR count). The third kappa shape index (κ3) is 4.97. The van der Waals surface area contributed by atoms with E-state index >= 15 is 0 Å². The smallest absolute Gasteiger partial charge is 0.382 e. The van der Waals surface area contributed by atoms with Gasteiger partial charge in [-0.2, -0.15) is 18.4 Å². The van der Waals surface area contributed by atoms with E-state index in [9.17, 15) is 26.3 Å². The molecule has 0 aliphatic rings. The Morgan fingerprint density at radius 2 is 1.80 bits per heavy atom. The largest absolute Gasteiger partial charge is 0.522 e. The topological polar surface area (TPSA) is 45.0 Å². The van der Waals surface area contributed by atoms with Crippen LogP contribution in [0.25, 0.3) is 0 Å². The van der Waals surface area contributed by atoms with E-state index in [0.717, 1.165) is 12.1 Å². The number of benzene rings is 1. The van der Waals surface area contributed by atoms with Crippen LogP contribution in [0.5, 0.6) is 0 Å². The fourth-order valence-corrected chi connectivity index (χ4v) is 1.32. The van der Waals surface area contributed by atoms with Gasteiger partial charge in [0.1, 0.15) is 6.07 Å². The Labute approximate surface area is 109 Å². The molecule has 0 amide bonds. The molecule has 0 radical (unpaired) electrons. The Kier molecular flexibility index (Phi) is 4.83. The predicted molar refractivity (Wildman–Crippen MR) is 56.7 cm³/mol. The van der Waals surface area contributed by atoms with Crippen LogP contribution < -0.4 is 5.32 Å². The third-order valence-electron chi connectivity index (χ3n) is 2.15. The standard InChI is InChI=1S/C11H8F6N2O/c12-10(13,14)8-1-2-9(7(5-8)6-18)19-3-4-20-11(15,16)17/h1-2,5,19H,3-4H2. The van der Waals surface area contributed by atoms with E-state index < -0.39 is 24.7 Å². The van der Waals surface area contributed by atoms with Crippen molar-refractivity contribution in [3.8, 4) is 6.07 Å². The van der Waals surface area contributed by atoms with Crippen molar-refractivity contribution < 1.29 is 31.1 Å². The van der Waals surface area contributed by atoms with Gasteiger partial charge in [-0.1, -0.05) is 0 Å². The van der Waals surface area contributed by atoms with E-state index in [-0.39, 0.29) is 17.8 Å². The molecule has 0 aliphatic carbocycles. The van der Waals surface area contributed by atoms with Crippen molar-refractivity contribution >= 4 is 5.69 Å². The summed E-state index contributed by atoms with van der Waals surface area (Å²) in [4.78, 5) is 0. The van der Waals surface area contributed by atoms with Crippen molar-refractivity contribution in [3.63, 3.8) is 0 Å². The van der Waals surface area contributed by atoms with Crippen molar-refractivity contribution in [3.05, 3.63) is 29.3 Å². The van der Waals surface area contributed by atoms with Crippen LogP contribution in [-0.2, 0) is 10.9 Å². The van der Waals surface area contributed by atoms with Gasteiger partial charge in [-0.15, -0.1) is 13.2 Å². The number of hydrogen-bond donors (Lipinski definition) is 1. The lowest BCUT2D eigenvalue weighted by atomic mass is 10.1. The van der Waals surface area contributed by atoms with E-state index in [0.29, 0.717) is 6.07 Å². The maximum atomic E-state index is 12.4. The SMILES string of the molecule is N#Cc1cc(C(F)(F)F)ccc1NCCOC(F)(F)F. The Hall–Kier alpha value is -1.95. The number of rotatable bonds is 4. The highest BCUT2D eigenvalue weighted by molar-refractivity contribution is 5.58. The fourth-order valence-electron chi connectivity index (χ4n) is 1.32. The third-order valence-corrected chi connectivity index (χ3v) is 2.15. The summed E-state index contributed by atoms with van der Waals surface area (Å²) in [5.74, 6) is 0. The van der Waals surface area contributed by atoms with Crippen LogP contribution in [0.3, 0.4) is 0 Å². The Balaban J connectivity index is 2.70. The summed E-state index contributed by atoms with van der Waals surface area (Å²) in [7, 11) is 0. The van der Waals surface area contributed by atoms with Crippen LogP contribution in [0.2, 0.25) is 0 Å². The molecule has 1 aromatic carbocycles. The van der Waals surface area contributed by atoms with E-state index in [1.807, 2.05) is 0 Å². The number of nitriles is 1. The molecule has 0 atom stereocenters. The molecule has 1 aromatic rings. The highest BCUT2D eigenvalue weighted by atomic mass is 19.4. The highest BCUT2D eigenvalue weighted by Gasteiger charge is 2.31. The Bertz CT molecular complexity index is 503. The summed E-state index contributed by atoms with van der Waals surface area (Å²) < 4.78 is 75.7. The van der Waals surface area contributed by atoms with Gasteiger partial charge in [0, 0.05) is 6.54 Å². The second kappa shape index (κ2) is 6.00. The summed E-state index contributed by atoms with van der Waals surface area (Å²) in [6, 6.07) is 3.87. The first-order chi connectivity index (χ1) is 9.13. The van der Waals surface area contributed by atoms with Crippen molar-refractivity contribution in [2.24, 2.45) is 0 Å². The average molecular weight is 298 g/mol. The maximum absolute atomic E-state index is 12.4. The second-order valence-corrected chi connectivity index (χ2v) is 3.59.